The molecule has 1 amide bonds. The van der Waals surface area contributed by atoms with Crippen molar-refractivity contribution in [2.45, 2.75) is 25.8 Å². The number of benzene rings is 1. The Balaban J connectivity index is 1.82. The number of carbonyl (C=O) groups is 2. The SMILES string of the molecule is NC(=O)c1ccc(CN2CCC(CCC(=O)O)C2)cc1. The first-order valence-corrected chi connectivity index (χ1v) is 6.87. The second-order valence-corrected chi connectivity index (χ2v) is 5.38. The van der Waals surface area contributed by atoms with E-state index in [2.05, 4.69) is 4.90 Å². The molecular weight excluding hydrogens is 256 g/mol. The summed E-state index contributed by atoms with van der Waals surface area (Å²) in [5, 5.41) is 8.69. The van der Waals surface area contributed by atoms with E-state index in [0.717, 1.165) is 38.0 Å². The highest BCUT2D eigenvalue weighted by Gasteiger charge is 2.22. The number of hydrogen-bond donors (Lipinski definition) is 2. The third-order valence-corrected chi connectivity index (χ3v) is 3.78. The van der Waals surface area contributed by atoms with E-state index < -0.39 is 11.9 Å². The van der Waals surface area contributed by atoms with Crippen molar-refractivity contribution in [3.05, 3.63) is 35.4 Å². The maximum Gasteiger partial charge on any atom is 0.303 e. The highest BCUT2D eigenvalue weighted by atomic mass is 16.4. The zero-order valence-electron chi connectivity index (χ0n) is 11.4. The van der Waals surface area contributed by atoms with Crippen LogP contribution in [-0.4, -0.2) is 35.0 Å². The molecule has 2 rings (SSSR count). The molecule has 20 heavy (non-hydrogen) atoms. The van der Waals surface area contributed by atoms with E-state index in [0.29, 0.717) is 11.5 Å². The molecule has 1 fully saturated rings. The summed E-state index contributed by atoms with van der Waals surface area (Å²) < 4.78 is 0. The fourth-order valence-electron chi connectivity index (χ4n) is 2.65. The normalized spacial score (nSPS) is 19.1. The van der Waals surface area contributed by atoms with Gasteiger partial charge in [0.2, 0.25) is 5.91 Å². The third kappa shape index (κ3) is 4.06. The molecule has 0 bridgehead atoms. The van der Waals surface area contributed by atoms with Crippen molar-refractivity contribution in [3.8, 4) is 0 Å². The van der Waals surface area contributed by atoms with Crippen LogP contribution in [0.25, 0.3) is 0 Å². The average molecular weight is 276 g/mol. The second kappa shape index (κ2) is 6.52. The number of likely N-dealkylation sites (tertiary alicyclic amines) is 1. The van der Waals surface area contributed by atoms with E-state index >= 15 is 0 Å². The topological polar surface area (TPSA) is 83.6 Å². The zero-order chi connectivity index (χ0) is 14.5. The van der Waals surface area contributed by atoms with E-state index in [1.54, 1.807) is 12.1 Å². The van der Waals surface area contributed by atoms with Gasteiger partial charge in [0.25, 0.3) is 0 Å². The van der Waals surface area contributed by atoms with Gasteiger partial charge < -0.3 is 10.8 Å². The van der Waals surface area contributed by atoms with Crippen molar-refractivity contribution in [3.63, 3.8) is 0 Å². The summed E-state index contributed by atoms with van der Waals surface area (Å²) in [7, 11) is 0. The van der Waals surface area contributed by atoms with Crippen LogP contribution in [0.4, 0.5) is 0 Å². The number of carbonyl (C=O) groups excluding carboxylic acids is 1. The summed E-state index contributed by atoms with van der Waals surface area (Å²) in [4.78, 5) is 23.9. The molecule has 3 N–H and O–H groups in total. The third-order valence-electron chi connectivity index (χ3n) is 3.78. The molecule has 0 spiro atoms. The molecule has 0 saturated carbocycles. The number of carboxylic acids is 1. The minimum atomic E-state index is -0.717. The molecule has 0 radical (unpaired) electrons. The Labute approximate surface area is 118 Å². The lowest BCUT2D eigenvalue weighted by atomic mass is 10.0. The predicted octanol–water partition coefficient (Wildman–Crippen LogP) is 1.47. The number of aliphatic carboxylic acids is 1. The largest absolute Gasteiger partial charge is 0.481 e. The lowest BCUT2D eigenvalue weighted by Crippen LogP contribution is -2.20. The summed E-state index contributed by atoms with van der Waals surface area (Å²) in [6.07, 6.45) is 2.07. The number of nitrogens with zero attached hydrogens (tertiary/aromatic N) is 1. The maximum atomic E-state index is 11.0. The fraction of sp³-hybridized carbons (Fsp3) is 0.467. The number of primary amides is 1. The first-order valence-electron chi connectivity index (χ1n) is 6.87. The molecule has 0 aliphatic carbocycles. The molecule has 1 heterocycles. The number of carboxylic acid groups (broad SMARTS) is 1. The molecule has 1 aliphatic rings. The lowest BCUT2D eigenvalue weighted by molar-refractivity contribution is -0.137. The number of hydrogen-bond acceptors (Lipinski definition) is 3. The van der Waals surface area contributed by atoms with Crippen molar-refractivity contribution in [1.82, 2.24) is 4.90 Å². The molecule has 1 unspecified atom stereocenters. The van der Waals surface area contributed by atoms with Crippen molar-refractivity contribution >= 4 is 11.9 Å². The van der Waals surface area contributed by atoms with Gasteiger partial charge in [-0.1, -0.05) is 12.1 Å². The Morgan fingerprint density at radius 1 is 1.30 bits per heavy atom. The summed E-state index contributed by atoms with van der Waals surface area (Å²) in [5.41, 5.74) is 6.88. The monoisotopic (exact) mass is 276 g/mol. The van der Waals surface area contributed by atoms with E-state index in [1.807, 2.05) is 12.1 Å². The highest BCUT2D eigenvalue weighted by Crippen LogP contribution is 2.22. The van der Waals surface area contributed by atoms with E-state index in [1.165, 1.54) is 0 Å². The lowest BCUT2D eigenvalue weighted by Gasteiger charge is -2.16. The molecule has 0 aromatic heterocycles. The Bertz CT molecular complexity index is 484. The maximum absolute atomic E-state index is 11.0. The summed E-state index contributed by atoms with van der Waals surface area (Å²) in [6.45, 7) is 2.79. The quantitative estimate of drug-likeness (QED) is 0.824. The van der Waals surface area contributed by atoms with Gasteiger partial charge >= 0.3 is 5.97 Å². The average Bonchev–Trinajstić information content (AvgIpc) is 2.84. The van der Waals surface area contributed by atoms with Gasteiger partial charge in [0.15, 0.2) is 0 Å². The fourth-order valence-corrected chi connectivity index (χ4v) is 2.65. The van der Waals surface area contributed by atoms with Gasteiger partial charge in [0.05, 0.1) is 0 Å². The molecule has 1 aromatic carbocycles. The van der Waals surface area contributed by atoms with Gasteiger partial charge in [-0.25, -0.2) is 0 Å². The van der Waals surface area contributed by atoms with Gasteiger partial charge in [-0.3, -0.25) is 14.5 Å². The Kier molecular flexibility index (Phi) is 4.74. The molecule has 1 atom stereocenters. The Hall–Kier alpha value is -1.88. The van der Waals surface area contributed by atoms with Gasteiger partial charge in [-0.05, 0) is 43.0 Å². The first-order chi connectivity index (χ1) is 9.54. The van der Waals surface area contributed by atoms with Crippen molar-refractivity contribution < 1.29 is 14.7 Å². The number of amides is 1. The van der Waals surface area contributed by atoms with Gasteiger partial charge in [-0.15, -0.1) is 0 Å². The van der Waals surface area contributed by atoms with Crippen LogP contribution in [0, 0.1) is 5.92 Å². The summed E-state index contributed by atoms with van der Waals surface area (Å²) in [5.74, 6) is -0.645. The summed E-state index contributed by atoms with van der Waals surface area (Å²) >= 11 is 0. The van der Waals surface area contributed by atoms with E-state index in [-0.39, 0.29) is 6.42 Å². The first kappa shape index (κ1) is 14.5. The highest BCUT2D eigenvalue weighted by molar-refractivity contribution is 5.92. The van der Waals surface area contributed by atoms with Crippen LogP contribution in [0.5, 0.6) is 0 Å². The Morgan fingerprint density at radius 3 is 2.60 bits per heavy atom. The standard InChI is InChI=1S/C15H20N2O3/c16-15(20)13-4-1-11(2-5-13)9-17-8-7-12(10-17)3-6-14(18)19/h1-2,4-5,12H,3,6-10H2,(H2,16,20)(H,18,19). The minimum absolute atomic E-state index is 0.256. The molecule has 1 saturated heterocycles. The van der Waals surface area contributed by atoms with Crippen LogP contribution < -0.4 is 5.73 Å². The van der Waals surface area contributed by atoms with Crippen LogP contribution in [-0.2, 0) is 11.3 Å². The molecule has 5 heteroatoms. The van der Waals surface area contributed by atoms with Crippen LogP contribution in [0.15, 0.2) is 24.3 Å². The van der Waals surface area contributed by atoms with Crippen molar-refractivity contribution in [1.29, 1.82) is 0 Å². The van der Waals surface area contributed by atoms with Crippen LogP contribution >= 0.6 is 0 Å². The van der Waals surface area contributed by atoms with Gasteiger partial charge in [0.1, 0.15) is 0 Å². The molecule has 5 nitrogen and oxygen atoms in total. The van der Waals surface area contributed by atoms with Crippen LogP contribution in [0.3, 0.4) is 0 Å². The molecule has 1 aromatic rings. The van der Waals surface area contributed by atoms with Gasteiger partial charge in [-0.2, -0.15) is 0 Å². The molecular formula is C15H20N2O3. The summed E-state index contributed by atoms with van der Waals surface area (Å²) in [6, 6.07) is 7.33. The minimum Gasteiger partial charge on any atom is -0.481 e. The van der Waals surface area contributed by atoms with Crippen LogP contribution in [0.2, 0.25) is 0 Å². The number of nitrogens with two attached hydrogens (primary N) is 1. The van der Waals surface area contributed by atoms with E-state index in [4.69, 9.17) is 10.8 Å². The van der Waals surface area contributed by atoms with Crippen molar-refractivity contribution in [2.75, 3.05) is 13.1 Å². The van der Waals surface area contributed by atoms with Gasteiger partial charge in [0, 0.05) is 25.1 Å². The molecule has 1 aliphatic heterocycles. The van der Waals surface area contributed by atoms with Crippen LogP contribution in [0.1, 0.15) is 35.2 Å². The predicted molar refractivity (Wildman–Crippen MR) is 75.2 cm³/mol. The van der Waals surface area contributed by atoms with E-state index in [9.17, 15) is 9.59 Å². The zero-order valence-corrected chi connectivity index (χ0v) is 11.4. The second-order valence-electron chi connectivity index (χ2n) is 5.38. The molecule has 108 valence electrons. The smallest absolute Gasteiger partial charge is 0.303 e. The van der Waals surface area contributed by atoms with Crippen molar-refractivity contribution in [2.24, 2.45) is 11.7 Å². The number of rotatable bonds is 6. The Morgan fingerprint density at radius 2 is 2.00 bits per heavy atom.